The van der Waals surface area contributed by atoms with Crippen molar-refractivity contribution in [3.63, 3.8) is 0 Å². The molecule has 17 heavy (non-hydrogen) atoms. The largest absolute Gasteiger partial charge is 0.378 e. The normalized spacial score (nSPS) is 29.0. The van der Waals surface area contributed by atoms with E-state index >= 15 is 0 Å². The van der Waals surface area contributed by atoms with Crippen LogP contribution in [0.5, 0.6) is 0 Å². The van der Waals surface area contributed by atoms with Crippen LogP contribution in [0.15, 0.2) is 18.3 Å². The second-order valence-corrected chi connectivity index (χ2v) is 5.67. The minimum Gasteiger partial charge on any atom is -0.378 e. The number of halogens is 1. The third kappa shape index (κ3) is 3.12. The van der Waals surface area contributed by atoms with Crippen LogP contribution in [-0.4, -0.2) is 16.4 Å². The van der Waals surface area contributed by atoms with Gasteiger partial charge < -0.3 is 5.32 Å². The van der Waals surface area contributed by atoms with Crippen LogP contribution in [0.3, 0.4) is 0 Å². The van der Waals surface area contributed by atoms with Crippen molar-refractivity contribution < 1.29 is 0 Å². The Morgan fingerprint density at radius 3 is 2.76 bits per heavy atom. The lowest BCUT2D eigenvalue weighted by Gasteiger charge is -2.39. The molecule has 1 aromatic heterocycles. The van der Waals surface area contributed by atoms with E-state index in [-0.39, 0.29) is 5.54 Å². The van der Waals surface area contributed by atoms with Crippen molar-refractivity contribution >= 4 is 17.3 Å². The molecule has 0 atom stereocenters. The molecule has 0 unspecified atom stereocenters. The first kappa shape index (κ1) is 12.7. The van der Waals surface area contributed by atoms with Crippen LogP contribution in [0, 0.1) is 12.8 Å². The number of nitrogens with one attached hydrogen (secondary N) is 1. The Kier molecular flexibility index (Phi) is 3.93. The van der Waals surface area contributed by atoms with Crippen molar-refractivity contribution in [3.05, 3.63) is 24.0 Å². The maximum atomic E-state index is 6.20. The fourth-order valence-corrected chi connectivity index (χ4v) is 2.87. The highest BCUT2D eigenvalue weighted by molar-refractivity contribution is 6.18. The summed E-state index contributed by atoms with van der Waals surface area (Å²) in [6, 6.07) is 4.12. The summed E-state index contributed by atoms with van der Waals surface area (Å²) >= 11 is 6.20. The van der Waals surface area contributed by atoms with E-state index in [1.54, 1.807) is 0 Å². The molecule has 0 spiro atoms. The topological polar surface area (TPSA) is 24.9 Å². The fourth-order valence-electron chi connectivity index (χ4n) is 2.54. The Morgan fingerprint density at radius 1 is 1.47 bits per heavy atom. The van der Waals surface area contributed by atoms with E-state index in [1.165, 1.54) is 25.7 Å². The summed E-state index contributed by atoms with van der Waals surface area (Å²) in [5, 5.41) is 3.63. The fraction of sp³-hybridized carbons (Fsp3) is 0.643. The first-order valence-electron chi connectivity index (χ1n) is 6.40. The molecule has 0 radical (unpaired) electrons. The number of alkyl halides is 1. The SMILES string of the molecule is Cc1cc(NC2(CCl)CCC(C)CC2)ccn1. The van der Waals surface area contributed by atoms with E-state index in [1.807, 2.05) is 19.2 Å². The average molecular weight is 253 g/mol. The van der Waals surface area contributed by atoms with Crippen LogP contribution in [0.4, 0.5) is 5.69 Å². The van der Waals surface area contributed by atoms with Gasteiger partial charge in [0.1, 0.15) is 0 Å². The van der Waals surface area contributed by atoms with Gasteiger partial charge in [-0.05, 0) is 50.7 Å². The van der Waals surface area contributed by atoms with Crippen LogP contribution in [0.1, 0.15) is 38.3 Å². The van der Waals surface area contributed by atoms with Crippen molar-refractivity contribution in [2.24, 2.45) is 5.92 Å². The molecule has 1 aliphatic carbocycles. The maximum absolute atomic E-state index is 6.20. The van der Waals surface area contributed by atoms with Crippen LogP contribution in [0.2, 0.25) is 0 Å². The number of hydrogen-bond acceptors (Lipinski definition) is 2. The molecule has 1 aromatic rings. The molecular weight excluding hydrogens is 232 g/mol. The first-order valence-corrected chi connectivity index (χ1v) is 6.94. The van der Waals surface area contributed by atoms with Gasteiger partial charge in [-0.1, -0.05) is 6.92 Å². The quantitative estimate of drug-likeness (QED) is 0.823. The predicted molar refractivity (Wildman–Crippen MR) is 73.7 cm³/mol. The van der Waals surface area contributed by atoms with Gasteiger partial charge >= 0.3 is 0 Å². The Labute approximate surface area is 109 Å². The number of anilines is 1. The van der Waals surface area contributed by atoms with Crippen molar-refractivity contribution in [2.45, 2.75) is 45.1 Å². The Balaban J connectivity index is 2.09. The third-order valence-corrected chi connectivity index (χ3v) is 4.30. The van der Waals surface area contributed by atoms with E-state index in [2.05, 4.69) is 23.3 Å². The smallest absolute Gasteiger partial charge is 0.0509 e. The number of nitrogens with zero attached hydrogens (tertiary/aromatic N) is 1. The molecule has 0 bridgehead atoms. The zero-order valence-electron chi connectivity index (χ0n) is 10.7. The maximum Gasteiger partial charge on any atom is 0.0509 e. The number of rotatable bonds is 3. The monoisotopic (exact) mass is 252 g/mol. The molecule has 94 valence electrons. The standard InChI is InChI=1S/C14H21ClN2/c1-11-3-6-14(10-15,7-4-11)17-13-5-8-16-12(2)9-13/h5,8-9,11H,3-4,6-7,10H2,1-2H3,(H,16,17). The van der Waals surface area contributed by atoms with Gasteiger partial charge in [-0.2, -0.15) is 0 Å². The lowest BCUT2D eigenvalue weighted by atomic mass is 9.78. The van der Waals surface area contributed by atoms with Gasteiger partial charge in [-0.25, -0.2) is 0 Å². The molecule has 1 aliphatic rings. The second kappa shape index (κ2) is 5.26. The summed E-state index contributed by atoms with van der Waals surface area (Å²) < 4.78 is 0. The van der Waals surface area contributed by atoms with E-state index in [9.17, 15) is 0 Å². The van der Waals surface area contributed by atoms with E-state index in [4.69, 9.17) is 11.6 Å². The number of aryl methyl sites for hydroxylation is 1. The van der Waals surface area contributed by atoms with Crippen molar-refractivity contribution in [2.75, 3.05) is 11.2 Å². The van der Waals surface area contributed by atoms with Crippen LogP contribution in [-0.2, 0) is 0 Å². The molecule has 2 rings (SSSR count). The van der Waals surface area contributed by atoms with E-state index in [0.29, 0.717) is 5.88 Å². The minimum absolute atomic E-state index is 0.0852. The summed E-state index contributed by atoms with van der Waals surface area (Å²) in [6.45, 7) is 4.34. The molecule has 1 heterocycles. The molecule has 1 fully saturated rings. The molecule has 1 N–H and O–H groups in total. The summed E-state index contributed by atoms with van der Waals surface area (Å²) in [5.41, 5.74) is 2.28. The highest BCUT2D eigenvalue weighted by Gasteiger charge is 2.33. The third-order valence-electron chi connectivity index (χ3n) is 3.79. The van der Waals surface area contributed by atoms with Crippen LogP contribution < -0.4 is 5.32 Å². The second-order valence-electron chi connectivity index (χ2n) is 5.41. The van der Waals surface area contributed by atoms with Gasteiger partial charge in [0.25, 0.3) is 0 Å². The summed E-state index contributed by atoms with van der Waals surface area (Å²) in [5.74, 6) is 1.52. The molecule has 0 aromatic carbocycles. The van der Waals surface area contributed by atoms with E-state index < -0.39 is 0 Å². The molecule has 0 saturated heterocycles. The van der Waals surface area contributed by atoms with Crippen molar-refractivity contribution in [3.8, 4) is 0 Å². The van der Waals surface area contributed by atoms with Gasteiger partial charge in [-0.3, -0.25) is 4.98 Å². The molecule has 0 amide bonds. The van der Waals surface area contributed by atoms with Crippen molar-refractivity contribution in [1.29, 1.82) is 0 Å². The van der Waals surface area contributed by atoms with E-state index in [0.717, 1.165) is 17.3 Å². The zero-order valence-corrected chi connectivity index (χ0v) is 11.4. The predicted octanol–water partition coefficient (Wildman–Crippen LogP) is 3.99. The molecule has 1 saturated carbocycles. The lowest BCUT2D eigenvalue weighted by molar-refractivity contribution is 0.287. The van der Waals surface area contributed by atoms with Gasteiger partial charge in [-0.15, -0.1) is 11.6 Å². The number of aromatic nitrogens is 1. The lowest BCUT2D eigenvalue weighted by Crippen LogP contribution is -2.43. The Bertz CT molecular complexity index is 370. The van der Waals surface area contributed by atoms with Crippen LogP contribution >= 0.6 is 11.6 Å². The minimum atomic E-state index is 0.0852. The van der Waals surface area contributed by atoms with Gasteiger partial charge in [0, 0.05) is 23.5 Å². The Morgan fingerprint density at radius 2 is 2.18 bits per heavy atom. The average Bonchev–Trinajstić information content (AvgIpc) is 2.33. The summed E-state index contributed by atoms with van der Waals surface area (Å²) in [7, 11) is 0. The summed E-state index contributed by atoms with van der Waals surface area (Å²) in [4.78, 5) is 4.22. The van der Waals surface area contributed by atoms with Crippen LogP contribution in [0.25, 0.3) is 0 Å². The highest BCUT2D eigenvalue weighted by Crippen LogP contribution is 2.35. The number of hydrogen-bond donors (Lipinski definition) is 1. The van der Waals surface area contributed by atoms with Gasteiger partial charge in [0.15, 0.2) is 0 Å². The Hall–Kier alpha value is -0.760. The molecule has 0 aliphatic heterocycles. The van der Waals surface area contributed by atoms with Crippen molar-refractivity contribution in [1.82, 2.24) is 4.98 Å². The summed E-state index contributed by atoms with van der Waals surface area (Å²) in [6.07, 6.45) is 6.72. The zero-order chi connectivity index (χ0) is 12.3. The molecule has 3 heteroatoms. The van der Waals surface area contributed by atoms with Gasteiger partial charge in [0.05, 0.1) is 5.54 Å². The number of pyridine rings is 1. The molecular formula is C14H21ClN2. The van der Waals surface area contributed by atoms with Gasteiger partial charge in [0.2, 0.25) is 0 Å². The first-order chi connectivity index (χ1) is 8.13. The molecule has 2 nitrogen and oxygen atoms in total. The highest BCUT2D eigenvalue weighted by atomic mass is 35.5.